The minimum atomic E-state index is -0.255. The number of nitrogens with zero attached hydrogens (tertiary/aromatic N) is 2. The Morgan fingerprint density at radius 3 is 2.64 bits per heavy atom. The number of pyridine rings is 2. The molecule has 2 aromatic heterocycles. The van der Waals surface area contributed by atoms with Gasteiger partial charge < -0.3 is 9.88 Å². The van der Waals surface area contributed by atoms with Gasteiger partial charge in [0.05, 0.1) is 11.7 Å². The number of aromatic nitrogens is 2. The van der Waals surface area contributed by atoms with Gasteiger partial charge in [-0.25, -0.2) is 0 Å². The van der Waals surface area contributed by atoms with Crippen molar-refractivity contribution in [3.8, 4) is 0 Å². The summed E-state index contributed by atoms with van der Waals surface area (Å²) < 4.78 is 1.55. The molecule has 5 nitrogen and oxygen atoms in total. The van der Waals surface area contributed by atoms with Crippen LogP contribution in [-0.2, 0) is 6.54 Å². The number of amides is 1. The number of carbonyl (C=O) groups excluding carboxylic acids is 1. The van der Waals surface area contributed by atoms with Crippen LogP contribution in [0.25, 0.3) is 0 Å². The third kappa shape index (κ3) is 3.61. The van der Waals surface area contributed by atoms with Gasteiger partial charge in [-0.15, -0.1) is 0 Å². The van der Waals surface area contributed by atoms with Crippen molar-refractivity contribution in [3.63, 3.8) is 0 Å². The summed E-state index contributed by atoms with van der Waals surface area (Å²) in [4.78, 5) is 28.5. The van der Waals surface area contributed by atoms with E-state index in [1.165, 1.54) is 6.07 Å². The van der Waals surface area contributed by atoms with E-state index >= 15 is 0 Å². The summed E-state index contributed by atoms with van der Waals surface area (Å²) >= 11 is 0. The van der Waals surface area contributed by atoms with E-state index in [0.29, 0.717) is 12.1 Å². The summed E-state index contributed by atoms with van der Waals surface area (Å²) in [6.07, 6.45) is 4.16. The zero-order valence-electron chi connectivity index (χ0n) is 13.2. The largest absolute Gasteiger partial charge is 0.344 e. The Morgan fingerprint density at radius 1 is 1.32 bits per heavy atom. The molecule has 0 aromatic carbocycles. The molecule has 116 valence electrons. The van der Waals surface area contributed by atoms with E-state index in [2.05, 4.69) is 10.3 Å². The van der Waals surface area contributed by atoms with Gasteiger partial charge in [0.2, 0.25) is 0 Å². The van der Waals surface area contributed by atoms with Gasteiger partial charge in [0.1, 0.15) is 0 Å². The van der Waals surface area contributed by atoms with Crippen molar-refractivity contribution in [2.45, 2.75) is 39.8 Å². The summed E-state index contributed by atoms with van der Waals surface area (Å²) in [5.74, 6) is -0.255. The molecule has 0 bridgehead atoms. The molecule has 1 amide bonds. The van der Waals surface area contributed by atoms with E-state index in [-0.39, 0.29) is 17.5 Å². The molecule has 2 aromatic rings. The van der Waals surface area contributed by atoms with Gasteiger partial charge in [0, 0.05) is 30.6 Å². The van der Waals surface area contributed by atoms with E-state index in [1.54, 1.807) is 23.0 Å². The molecule has 2 rings (SSSR count). The molecule has 0 aliphatic rings. The highest BCUT2D eigenvalue weighted by Gasteiger charge is 2.15. The first-order valence-corrected chi connectivity index (χ1v) is 7.49. The Labute approximate surface area is 130 Å². The molecule has 0 aliphatic heterocycles. The third-order valence-electron chi connectivity index (χ3n) is 3.60. The van der Waals surface area contributed by atoms with Gasteiger partial charge in [0.15, 0.2) is 0 Å². The summed E-state index contributed by atoms with van der Waals surface area (Å²) in [6.45, 7) is 6.43. The first-order valence-electron chi connectivity index (χ1n) is 7.49. The molecule has 0 fully saturated rings. The monoisotopic (exact) mass is 299 g/mol. The predicted molar refractivity (Wildman–Crippen MR) is 85.8 cm³/mol. The highest BCUT2D eigenvalue weighted by atomic mass is 16.2. The van der Waals surface area contributed by atoms with Crippen molar-refractivity contribution < 1.29 is 4.79 Å². The van der Waals surface area contributed by atoms with Gasteiger partial charge in [-0.1, -0.05) is 13.0 Å². The maximum absolute atomic E-state index is 12.3. The topological polar surface area (TPSA) is 64.0 Å². The Morgan fingerprint density at radius 2 is 2.09 bits per heavy atom. The average molecular weight is 299 g/mol. The van der Waals surface area contributed by atoms with Crippen LogP contribution in [0.5, 0.6) is 0 Å². The maximum atomic E-state index is 12.3. The van der Waals surface area contributed by atoms with Crippen LogP contribution in [-0.4, -0.2) is 15.5 Å². The molecule has 0 unspecified atom stereocenters. The van der Waals surface area contributed by atoms with Gasteiger partial charge in [-0.05, 0) is 38.0 Å². The molecule has 1 atom stereocenters. The molecule has 0 saturated carbocycles. The number of hydrogen-bond donors (Lipinski definition) is 1. The van der Waals surface area contributed by atoms with Crippen molar-refractivity contribution in [2.24, 2.45) is 0 Å². The van der Waals surface area contributed by atoms with E-state index in [4.69, 9.17) is 0 Å². The zero-order chi connectivity index (χ0) is 16.1. The van der Waals surface area contributed by atoms with Crippen molar-refractivity contribution in [3.05, 3.63) is 63.8 Å². The van der Waals surface area contributed by atoms with Crippen LogP contribution in [0.15, 0.2) is 41.5 Å². The first kappa shape index (κ1) is 15.9. The van der Waals surface area contributed by atoms with Crippen LogP contribution in [0.1, 0.15) is 47.9 Å². The van der Waals surface area contributed by atoms with E-state index in [9.17, 15) is 9.59 Å². The lowest BCUT2D eigenvalue weighted by molar-refractivity contribution is 0.0934. The highest BCUT2D eigenvalue weighted by Crippen LogP contribution is 2.15. The number of nitrogens with one attached hydrogen (secondary N) is 1. The molecule has 0 saturated heterocycles. The molecule has 0 spiro atoms. The van der Waals surface area contributed by atoms with Crippen LogP contribution in [0.3, 0.4) is 0 Å². The van der Waals surface area contributed by atoms with Crippen LogP contribution in [0.2, 0.25) is 0 Å². The number of rotatable bonds is 5. The van der Waals surface area contributed by atoms with Crippen molar-refractivity contribution in [2.75, 3.05) is 0 Å². The average Bonchev–Trinajstić information content (AvgIpc) is 2.53. The van der Waals surface area contributed by atoms with Gasteiger partial charge >= 0.3 is 0 Å². The van der Waals surface area contributed by atoms with Crippen LogP contribution >= 0.6 is 0 Å². The summed E-state index contributed by atoms with van der Waals surface area (Å²) in [6, 6.07) is 6.75. The lowest BCUT2D eigenvalue weighted by Crippen LogP contribution is -2.30. The fourth-order valence-electron chi connectivity index (χ4n) is 2.22. The minimum Gasteiger partial charge on any atom is -0.344 e. The summed E-state index contributed by atoms with van der Waals surface area (Å²) in [5, 5.41) is 2.93. The molecule has 2 heterocycles. The number of carbonyl (C=O) groups is 1. The Kier molecular flexibility index (Phi) is 5.09. The van der Waals surface area contributed by atoms with E-state index in [1.807, 2.05) is 32.9 Å². The second kappa shape index (κ2) is 7.02. The standard InChI is InChI=1S/C17H21N3O2/c1-4-14(15-7-6-12(3)11-18-15)19-17(22)13-8-9-20(5-2)16(21)10-13/h6-11,14H,4-5H2,1-3H3,(H,19,22)/t14-/m1/s1. The summed E-state index contributed by atoms with van der Waals surface area (Å²) in [5.41, 5.74) is 2.10. The number of hydrogen-bond acceptors (Lipinski definition) is 3. The SMILES string of the molecule is CC[C@@H](NC(=O)c1ccn(CC)c(=O)c1)c1ccc(C)cn1. The Bertz CT molecular complexity index is 705. The zero-order valence-corrected chi connectivity index (χ0v) is 13.2. The van der Waals surface area contributed by atoms with Crippen LogP contribution in [0, 0.1) is 6.92 Å². The first-order chi connectivity index (χ1) is 10.5. The Balaban J connectivity index is 2.17. The molecular weight excluding hydrogens is 278 g/mol. The van der Waals surface area contributed by atoms with Gasteiger partial charge in [-0.3, -0.25) is 14.6 Å². The van der Waals surface area contributed by atoms with Crippen LogP contribution in [0.4, 0.5) is 0 Å². The normalized spacial score (nSPS) is 12.0. The molecular formula is C17H21N3O2. The molecule has 22 heavy (non-hydrogen) atoms. The lowest BCUT2D eigenvalue weighted by Gasteiger charge is -2.17. The smallest absolute Gasteiger partial charge is 0.252 e. The second-order valence-electron chi connectivity index (χ2n) is 5.23. The van der Waals surface area contributed by atoms with Crippen molar-refractivity contribution in [1.29, 1.82) is 0 Å². The van der Waals surface area contributed by atoms with Crippen molar-refractivity contribution >= 4 is 5.91 Å². The maximum Gasteiger partial charge on any atom is 0.252 e. The minimum absolute atomic E-state index is 0.165. The molecule has 0 radical (unpaired) electrons. The number of aryl methyl sites for hydroxylation is 2. The van der Waals surface area contributed by atoms with Gasteiger partial charge in [0.25, 0.3) is 11.5 Å². The predicted octanol–water partition coefficient (Wildman–Crippen LogP) is 2.45. The van der Waals surface area contributed by atoms with Gasteiger partial charge in [-0.2, -0.15) is 0 Å². The second-order valence-corrected chi connectivity index (χ2v) is 5.23. The van der Waals surface area contributed by atoms with Crippen molar-refractivity contribution in [1.82, 2.24) is 14.9 Å². The molecule has 5 heteroatoms. The quantitative estimate of drug-likeness (QED) is 0.922. The fourth-order valence-corrected chi connectivity index (χ4v) is 2.22. The lowest BCUT2D eigenvalue weighted by atomic mass is 10.1. The summed E-state index contributed by atoms with van der Waals surface area (Å²) in [7, 11) is 0. The fraction of sp³-hybridized carbons (Fsp3) is 0.353. The van der Waals surface area contributed by atoms with E-state index in [0.717, 1.165) is 17.7 Å². The Hall–Kier alpha value is -2.43. The molecule has 1 N–H and O–H groups in total. The third-order valence-corrected chi connectivity index (χ3v) is 3.60. The van der Waals surface area contributed by atoms with Crippen LogP contribution < -0.4 is 10.9 Å². The highest BCUT2D eigenvalue weighted by molar-refractivity contribution is 5.94. The van der Waals surface area contributed by atoms with E-state index < -0.39 is 0 Å². The molecule has 0 aliphatic carbocycles.